The molecule has 0 atom stereocenters. The lowest BCUT2D eigenvalue weighted by Gasteiger charge is -2.23. The molecular weight excluding hydrogens is 224 g/mol. The maximum Gasteiger partial charge on any atom is 0.119 e. The fraction of sp³-hybridized carbons (Fsp3) is 0.625. The molecule has 2 heteroatoms. The van der Waals surface area contributed by atoms with Gasteiger partial charge in [-0.2, -0.15) is 0 Å². The summed E-state index contributed by atoms with van der Waals surface area (Å²) in [5.41, 5.74) is 1.40. The second kappa shape index (κ2) is 5.75. The van der Waals surface area contributed by atoms with Crippen LogP contribution in [-0.2, 0) is 10.2 Å². The molecule has 0 fully saturated rings. The summed E-state index contributed by atoms with van der Waals surface area (Å²) in [6.45, 7) is 11.5. The summed E-state index contributed by atoms with van der Waals surface area (Å²) in [6, 6.07) is 8.36. The third-order valence-corrected chi connectivity index (χ3v) is 3.25. The third kappa shape index (κ3) is 4.69. The van der Waals surface area contributed by atoms with Gasteiger partial charge in [-0.05, 0) is 37.0 Å². The van der Waals surface area contributed by atoms with Gasteiger partial charge in [-0.25, -0.2) is 0 Å². The number of hydrogen-bond donors (Lipinski definition) is 0. The monoisotopic (exact) mass is 250 g/mol. The average Bonchev–Trinajstić information content (AvgIpc) is 2.28. The van der Waals surface area contributed by atoms with Crippen molar-refractivity contribution >= 4 is 0 Å². The number of rotatable bonds is 5. The van der Waals surface area contributed by atoms with Crippen molar-refractivity contribution in [2.45, 2.75) is 52.1 Å². The van der Waals surface area contributed by atoms with Crippen molar-refractivity contribution in [3.8, 4) is 5.75 Å². The van der Waals surface area contributed by atoms with Crippen LogP contribution in [0.3, 0.4) is 0 Å². The molecule has 0 radical (unpaired) electrons. The van der Waals surface area contributed by atoms with Crippen LogP contribution < -0.4 is 4.74 Å². The Morgan fingerprint density at radius 2 is 1.50 bits per heavy atom. The highest BCUT2D eigenvalue weighted by atomic mass is 16.5. The molecule has 0 aromatic heterocycles. The lowest BCUT2D eigenvalue weighted by Crippen LogP contribution is -2.25. The van der Waals surface area contributed by atoms with Gasteiger partial charge in [0.1, 0.15) is 5.75 Å². The molecule has 0 heterocycles. The highest BCUT2D eigenvalue weighted by Gasteiger charge is 2.16. The molecular formula is C16H26O2. The van der Waals surface area contributed by atoms with Gasteiger partial charge >= 0.3 is 0 Å². The molecule has 0 spiro atoms. The average molecular weight is 250 g/mol. The van der Waals surface area contributed by atoms with Crippen molar-refractivity contribution in [1.82, 2.24) is 0 Å². The Morgan fingerprint density at radius 3 is 1.94 bits per heavy atom. The zero-order valence-electron chi connectivity index (χ0n) is 12.5. The summed E-state index contributed by atoms with van der Waals surface area (Å²) in [5.74, 6) is 0.926. The molecule has 0 unspecified atom stereocenters. The van der Waals surface area contributed by atoms with Gasteiger partial charge in [-0.1, -0.05) is 32.9 Å². The lowest BCUT2D eigenvalue weighted by molar-refractivity contribution is 0.00545. The van der Waals surface area contributed by atoms with E-state index in [1.54, 1.807) is 7.11 Å². The first-order valence-electron chi connectivity index (χ1n) is 6.53. The minimum absolute atomic E-state index is 0.120. The molecule has 0 aliphatic carbocycles. The van der Waals surface area contributed by atoms with E-state index < -0.39 is 0 Å². The Hall–Kier alpha value is -1.02. The van der Waals surface area contributed by atoms with Crippen LogP contribution in [0.4, 0.5) is 0 Å². The van der Waals surface area contributed by atoms with Crippen LogP contribution in [0, 0.1) is 0 Å². The standard InChI is InChI=1S/C16H26O2/c1-15(2,3)13-7-9-14(10-8-13)18-12-11-16(4,5)17-6/h7-10H,11-12H2,1-6H3. The molecule has 0 saturated carbocycles. The number of methoxy groups -OCH3 is 1. The Bertz CT molecular complexity index is 358. The maximum atomic E-state index is 5.73. The SMILES string of the molecule is COC(C)(C)CCOc1ccc(C(C)(C)C)cc1. The van der Waals surface area contributed by atoms with Gasteiger partial charge in [0, 0.05) is 13.5 Å². The van der Waals surface area contributed by atoms with Crippen molar-refractivity contribution in [2.24, 2.45) is 0 Å². The molecule has 0 aliphatic rings. The van der Waals surface area contributed by atoms with Gasteiger partial charge in [-0.3, -0.25) is 0 Å². The van der Waals surface area contributed by atoms with E-state index in [0.29, 0.717) is 6.61 Å². The van der Waals surface area contributed by atoms with E-state index in [0.717, 1.165) is 12.2 Å². The van der Waals surface area contributed by atoms with Crippen LogP contribution in [0.25, 0.3) is 0 Å². The summed E-state index contributed by atoms with van der Waals surface area (Å²) in [5, 5.41) is 0. The Morgan fingerprint density at radius 1 is 0.944 bits per heavy atom. The van der Waals surface area contributed by atoms with Crippen molar-refractivity contribution in [1.29, 1.82) is 0 Å². The van der Waals surface area contributed by atoms with Gasteiger partial charge in [0.05, 0.1) is 12.2 Å². The third-order valence-electron chi connectivity index (χ3n) is 3.25. The molecule has 1 rings (SSSR count). The fourth-order valence-electron chi connectivity index (χ4n) is 1.57. The van der Waals surface area contributed by atoms with Crippen LogP contribution in [0.5, 0.6) is 5.75 Å². The quantitative estimate of drug-likeness (QED) is 0.780. The minimum Gasteiger partial charge on any atom is -0.493 e. The highest BCUT2D eigenvalue weighted by molar-refractivity contribution is 5.31. The topological polar surface area (TPSA) is 18.5 Å². The van der Waals surface area contributed by atoms with E-state index in [4.69, 9.17) is 9.47 Å². The Balaban J connectivity index is 2.50. The van der Waals surface area contributed by atoms with Crippen molar-refractivity contribution in [2.75, 3.05) is 13.7 Å². The predicted octanol–water partition coefficient (Wildman–Crippen LogP) is 4.18. The normalized spacial score (nSPS) is 12.6. The minimum atomic E-state index is -0.120. The molecule has 0 bridgehead atoms. The van der Waals surface area contributed by atoms with E-state index in [-0.39, 0.29) is 11.0 Å². The highest BCUT2D eigenvalue weighted by Crippen LogP contribution is 2.24. The van der Waals surface area contributed by atoms with E-state index in [2.05, 4.69) is 46.8 Å². The predicted molar refractivity (Wildman–Crippen MR) is 76.3 cm³/mol. The molecule has 2 nitrogen and oxygen atoms in total. The summed E-state index contributed by atoms with van der Waals surface area (Å²) in [6.07, 6.45) is 0.879. The first-order chi connectivity index (χ1) is 8.24. The smallest absolute Gasteiger partial charge is 0.119 e. The summed E-state index contributed by atoms with van der Waals surface area (Å²) in [4.78, 5) is 0. The van der Waals surface area contributed by atoms with Gasteiger partial charge in [-0.15, -0.1) is 0 Å². The van der Waals surface area contributed by atoms with Crippen molar-refractivity contribution in [3.63, 3.8) is 0 Å². The summed E-state index contributed by atoms with van der Waals surface area (Å²) in [7, 11) is 1.73. The van der Waals surface area contributed by atoms with Crippen molar-refractivity contribution < 1.29 is 9.47 Å². The number of benzene rings is 1. The van der Waals surface area contributed by atoms with Crippen molar-refractivity contribution in [3.05, 3.63) is 29.8 Å². The van der Waals surface area contributed by atoms with Crippen LogP contribution in [0.1, 0.15) is 46.6 Å². The molecule has 0 saturated heterocycles. The van der Waals surface area contributed by atoms with Gasteiger partial charge in [0.15, 0.2) is 0 Å². The first-order valence-corrected chi connectivity index (χ1v) is 6.53. The van der Waals surface area contributed by atoms with E-state index in [1.807, 2.05) is 12.1 Å². The van der Waals surface area contributed by atoms with E-state index in [9.17, 15) is 0 Å². The first kappa shape index (κ1) is 15.0. The molecule has 1 aromatic rings. The molecule has 0 amide bonds. The maximum absolute atomic E-state index is 5.73. The number of hydrogen-bond acceptors (Lipinski definition) is 2. The second-order valence-corrected chi connectivity index (χ2v) is 6.34. The molecule has 18 heavy (non-hydrogen) atoms. The van der Waals surface area contributed by atoms with Crippen LogP contribution in [-0.4, -0.2) is 19.3 Å². The van der Waals surface area contributed by atoms with Crippen LogP contribution in [0.15, 0.2) is 24.3 Å². The van der Waals surface area contributed by atoms with Gasteiger partial charge in [0.25, 0.3) is 0 Å². The van der Waals surface area contributed by atoms with Crippen LogP contribution >= 0.6 is 0 Å². The Labute approximate surface area is 111 Å². The van der Waals surface area contributed by atoms with E-state index >= 15 is 0 Å². The second-order valence-electron chi connectivity index (χ2n) is 6.34. The van der Waals surface area contributed by atoms with Crippen LogP contribution in [0.2, 0.25) is 0 Å². The largest absolute Gasteiger partial charge is 0.493 e. The fourth-order valence-corrected chi connectivity index (χ4v) is 1.57. The number of ether oxygens (including phenoxy) is 2. The van der Waals surface area contributed by atoms with E-state index in [1.165, 1.54) is 5.56 Å². The zero-order chi connectivity index (χ0) is 13.8. The molecule has 0 N–H and O–H groups in total. The molecule has 1 aromatic carbocycles. The Kier molecular flexibility index (Phi) is 4.80. The van der Waals surface area contributed by atoms with Gasteiger partial charge < -0.3 is 9.47 Å². The lowest BCUT2D eigenvalue weighted by atomic mass is 9.87. The molecule has 0 aliphatic heterocycles. The zero-order valence-corrected chi connectivity index (χ0v) is 12.5. The molecule has 102 valence electrons. The summed E-state index contributed by atoms with van der Waals surface area (Å²) < 4.78 is 11.1. The summed E-state index contributed by atoms with van der Waals surface area (Å²) >= 11 is 0. The van der Waals surface area contributed by atoms with Gasteiger partial charge in [0.2, 0.25) is 0 Å².